The number of aryl methyl sites for hydroxylation is 1. The number of rotatable bonds is 1. The summed E-state index contributed by atoms with van der Waals surface area (Å²) < 4.78 is 1.77. The Balaban J connectivity index is 2.04. The van der Waals surface area contributed by atoms with Crippen LogP contribution in [-0.2, 0) is 7.05 Å². The van der Waals surface area contributed by atoms with Gasteiger partial charge in [0.1, 0.15) is 12.1 Å². The summed E-state index contributed by atoms with van der Waals surface area (Å²) >= 11 is 0. The third kappa shape index (κ3) is 1.74. The molecule has 0 aromatic carbocycles. The lowest BCUT2D eigenvalue weighted by Crippen LogP contribution is -2.43. The van der Waals surface area contributed by atoms with E-state index < -0.39 is 0 Å². The molecule has 1 atom stereocenters. The van der Waals surface area contributed by atoms with E-state index in [-0.39, 0.29) is 6.04 Å². The van der Waals surface area contributed by atoms with E-state index in [1.54, 1.807) is 11.0 Å². The Morgan fingerprint density at radius 3 is 3.12 bits per heavy atom. The van der Waals surface area contributed by atoms with Crippen LogP contribution in [0, 0.1) is 0 Å². The van der Waals surface area contributed by atoms with Gasteiger partial charge in [0.2, 0.25) is 0 Å². The van der Waals surface area contributed by atoms with Crippen molar-refractivity contribution in [3.8, 4) is 0 Å². The van der Waals surface area contributed by atoms with E-state index in [2.05, 4.69) is 20.0 Å². The summed E-state index contributed by atoms with van der Waals surface area (Å²) in [6.07, 6.45) is 5.63. The molecule has 0 radical (unpaired) electrons. The van der Waals surface area contributed by atoms with Crippen molar-refractivity contribution < 1.29 is 0 Å². The van der Waals surface area contributed by atoms with Gasteiger partial charge in [-0.05, 0) is 12.8 Å². The van der Waals surface area contributed by atoms with Gasteiger partial charge in [-0.2, -0.15) is 5.10 Å². The highest BCUT2D eigenvalue weighted by Crippen LogP contribution is 2.24. The Morgan fingerprint density at radius 2 is 2.29 bits per heavy atom. The molecule has 1 aliphatic rings. The lowest BCUT2D eigenvalue weighted by molar-refractivity contribution is 0.504. The minimum atomic E-state index is 0.241. The number of anilines is 1. The summed E-state index contributed by atoms with van der Waals surface area (Å²) in [6.45, 7) is 1.87. The van der Waals surface area contributed by atoms with Gasteiger partial charge < -0.3 is 10.6 Å². The van der Waals surface area contributed by atoms with Crippen LogP contribution in [0.3, 0.4) is 0 Å². The van der Waals surface area contributed by atoms with Crippen LogP contribution in [0.15, 0.2) is 12.5 Å². The zero-order chi connectivity index (χ0) is 11.8. The quantitative estimate of drug-likeness (QED) is 0.765. The molecular formula is C11H16N6. The van der Waals surface area contributed by atoms with Gasteiger partial charge in [-0.1, -0.05) is 0 Å². The maximum atomic E-state index is 6.01. The van der Waals surface area contributed by atoms with Gasteiger partial charge in [-0.25, -0.2) is 9.97 Å². The van der Waals surface area contributed by atoms with Crippen molar-refractivity contribution in [1.29, 1.82) is 0 Å². The van der Waals surface area contributed by atoms with Crippen LogP contribution in [0.1, 0.15) is 12.8 Å². The zero-order valence-corrected chi connectivity index (χ0v) is 9.87. The molecule has 0 saturated carbocycles. The number of nitrogens with two attached hydrogens (primary N) is 1. The highest BCUT2D eigenvalue weighted by Gasteiger charge is 2.20. The maximum absolute atomic E-state index is 6.01. The first-order valence-electron chi connectivity index (χ1n) is 5.89. The lowest BCUT2D eigenvalue weighted by Gasteiger charge is -2.31. The van der Waals surface area contributed by atoms with Crippen molar-refractivity contribution in [2.45, 2.75) is 18.9 Å². The zero-order valence-electron chi connectivity index (χ0n) is 9.87. The Labute approximate surface area is 99.4 Å². The molecule has 1 unspecified atom stereocenters. The second-order valence-electron chi connectivity index (χ2n) is 4.55. The molecule has 17 heavy (non-hydrogen) atoms. The number of nitrogens with zero attached hydrogens (tertiary/aromatic N) is 5. The van der Waals surface area contributed by atoms with Gasteiger partial charge in [0.15, 0.2) is 5.65 Å². The first-order chi connectivity index (χ1) is 8.25. The van der Waals surface area contributed by atoms with Gasteiger partial charge in [0.25, 0.3) is 0 Å². The smallest absolute Gasteiger partial charge is 0.163 e. The van der Waals surface area contributed by atoms with E-state index in [1.165, 1.54) is 0 Å². The molecule has 6 nitrogen and oxygen atoms in total. The standard InChI is InChI=1S/C11H16N6/c1-16-10-9(5-15-16)11(14-7-13-10)17-4-2-3-8(12)6-17/h5,7-8H,2-4,6,12H2,1H3. The van der Waals surface area contributed by atoms with Crippen molar-refractivity contribution in [1.82, 2.24) is 19.7 Å². The van der Waals surface area contributed by atoms with Crippen LogP contribution >= 0.6 is 0 Å². The summed E-state index contributed by atoms with van der Waals surface area (Å²) in [7, 11) is 1.89. The molecule has 2 aromatic rings. The van der Waals surface area contributed by atoms with Crippen LogP contribution in [0.5, 0.6) is 0 Å². The van der Waals surface area contributed by atoms with Gasteiger partial charge >= 0.3 is 0 Å². The van der Waals surface area contributed by atoms with Crippen LogP contribution in [0.2, 0.25) is 0 Å². The summed E-state index contributed by atoms with van der Waals surface area (Å²) in [4.78, 5) is 10.9. The Bertz CT molecular complexity index is 534. The SMILES string of the molecule is Cn1ncc2c(N3CCCC(N)C3)ncnc21. The van der Waals surface area contributed by atoms with E-state index in [0.29, 0.717) is 0 Å². The van der Waals surface area contributed by atoms with Crippen LogP contribution in [0.25, 0.3) is 11.0 Å². The van der Waals surface area contributed by atoms with E-state index >= 15 is 0 Å². The molecule has 0 amide bonds. The summed E-state index contributed by atoms with van der Waals surface area (Å²) in [5.74, 6) is 0.957. The Kier molecular flexibility index (Phi) is 2.44. The Morgan fingerprint density at radius 1 is 1.41 bits per heavy atom. The minimum absolute atomic E-state index is 0.241. The average molecular weight is 232 g/mol. The van der Waals surface area contributed by atoms with Crippen molar-refractivity contribution in [2.75, 3.05) is 18.0 Å². The molecule has 6 heteroatoms. The van der Waals surface area contributed by atoms with Gasteiger partial charge in [-0.3, -0.25) is 4.68 Å². The topological polar surface area (TPSA) is 72.9 Å². The van der Waals surface area contributed by atoms with Gasteiger partial charge in [0.05, 0.1) is 11.6 Å². The third-order valence-corrected chi connectivity index (χ3v) is 3.27. The molecule has 1 saturated heterocycles. The number of aromatic nitrogens is 4. The predicted molar refractivity (Wildman–Crippen MR) is 65.7 cm³/mol. The van der Waals surface area contributed by atoms with E-state index in [9.17, 15) is 0 Å². The molecule has 2 aromatic heterocycles. The predicted octanol–water partition coefficient (Wildman–Crippen LogP) is 0.291. The van der Waals surface area contributed by atoms with E-state index in [1.807, 2.05) is 13.2 Å². The summed E-state index contributed by atoms with van der Waals surface area (Å²) in [5.41, 5.74) is 6.88. The van der Waals surface area contributed by atoms with Crippen molar-refractivity contribution in [3.05, 3.63) is 12.5 Å². The highest BCUT2D eigenvalue weighted by atomic mass is 15.3. The normalized spacial score (nSPS) is 21.1. The lowest BCUT2D eigenvalue weighted by atomic mass is 10.1. The molecule has 2 N–H and O–H groups in total. The highest BCUT2D eigenvalue weighted by molar-refractivity contribution is 5.86. The Hall–Kier alpha value is -1.69. The molecule has 0 aliphatic carbocycles. The minimum Gasteiger partial charge on any atom is -0.354 e. The van der Waals surface area contributed by atoms with Gasteiger partial charge in [0, 0.05) is 26.2 Å². The van der Waals surface area contributed by atoms with Crippen LogP contribution < -0.4 is 10.6 Å². The number of piperidine rings is 1. The van der Waals surface area contributed by atoms with Crippen LogP contribution in [-0.4, -0.2) is 38.9 Å². The molecule has 0 spiro atoms. The molecule has 3 heterocycles. The van der Waals surface area contributed by atoms with Gasteiger partial charge in [-0.15, -0.1) is 0 Å². The van der Waals surface area contributed by atoms with Crippen molar-refractivity contribution in [2.24, 2.45) is 12.8 Å². The second kappa shape index (κ2) is 3.96. The van der Waals surface area contributed by atoms with Crippen LogP contribution in [0.4, 0.5) is 5.82 Å². The van der Waals surface area contributed by atoms with E-state index in [0.717, 1.165) is 42.8 Å². The monoisotopic (exact) mass is 232 g/mol. The van der Waals surface area contributed by atoms with E-state index in [4.69, 9.17) is 5.73 Å². The fourth-order valence-corrected chi connectivity index (χ4v) is 2.40. The largest absolute Gasteiger partial charge is 0.354 e. The first-order valence-corrected chi connectivity index (χ1v) is 5.89. The number of hydrogen-bond donors (Lipinski definition) is 1. The second-order valence-corrected chi connectivity index (χ2v) is 4.55. The number of fused-ring (bicyclic) bond motifs is 1. The fourth-order valence-electron chi connectivity index (χ4n) is 2.40. The molecule has 1 fully saturated rings. The van der Waals surface area contributed by atoms with Crippen molar-refractivity contribution in [3.63, 3.8) is 0 Å². The molecular weight excluding hydrogens is 216 g/mol. The third-order valence-electron chi connectivity index (χ3n) is 3.27. The fraction of sp³-hybridized carbons (Fsp3) is 0.545. The maximum Gasteiger partial charge on any atom is 0.163 e. The van der Waals surface area contributed by atoms with Crippen molar-refractivity contribution >= 4 is 16.9 Å². The summed E-state index contributed by atoms with van der Waals surface area (Å²) in [5, 5.41) is 5.23. The average Bonchev–Trinajstić information content (AvgIpc) is 2.71. The molecule has 3 rings (SSSR count). The molecule has 1 aliphatic heterocycles. The first kappa shape index (κ1) is 10.5. The summed E-state index contributed by atoms with van der Waals surface area (Å²) in [6, 6.07) is 0.241. The molecule has 90 valence electrons. The number of hydrogen-bond acceptors (Lipinski definition) is 5. The molecule has 0 bridgehead atoms.